The molecule has 0 spiro atoms. The monoisotopic (exact) mass is 260 g/mol. The van der Waals surface area contributed by atoms with Crippen LogP contribution in [0.1, 0.15) is 45.4 Å². The van der Waals surface area contributed by atoms with Crippen molar-refractivity contribution in [2.45, 2.75) is 56.7 Å². The first-order valence-electron chi connectivity index (χ1n) is 6.87. The summed E-state index contributed by atoms with van der Waals surface area (Å²) in [5.41, 5.74) is 0. The van der Waals surface area contributed by atoms with E-state index in [1.54, 1.807) is 4.31 Å². The normalized spacial score (nSPS) is 27.8. The second-order valence-electron chi connectivity index (χ2n) is 5.15. The molecule has 1 saturated carbocycles. The van der Waals surface area contributed by atoms with Crippen LogP contribution < -0.4 is 5.32 Å². The van der Waals surface area contributed by atoms with E-state index in [1.807, 2.05) is 6.92 Å². The molecule has 1 aliphatic heterocycles. The van der Waals surface area contributed by atoms with E-state index < -0.39 is 10.0 Å². The molecule has 0 aromatic rings. The zero-order chi connectivity index (χ0) is 12.3. The second kappa shape index (κ2) is 5.67. The third-order valence-corrected chi connectivity index (χ3v) is 6.51. The first-order valence-corrected chi connectivity index (χ1v) is 8.38. The van der Waals surface area contributed by atoms with E-state index in [2.05, 4.69) is 5.32 Å². The van der Waals surface area contributed by atoms with Gasteiger partial charge in [0.2, 0.25) is 10.0 Å². The van der Waals surface area contributed by atoms with Crippen LogP contribution in [-0.4, -0.2) is 43.6 Å². The number of hydrogen-bond acceptors (Lipinski definition) is 3. The summed E-state index contributed by atoms with van der Waals surface area (Å²) < 4.78 is 26.9. The van der Waals surface area contributed by atoms with Crippen molar-refractivity contribution in [3.05, 3.63) is 0 Å². The van der Waals surface area contributed by atoms with Crippen molar-refractivity contribution >= 4 is 10.0 Å². The highest BCUT2D eigenvalue weighted by atomic mass is 32.2. The molecule has 2 rings (SSSR count). The fraction of sp³-hybridized carbons (Fsp3) is 1.00. The minimum atomic E-state index is -3.08. The lowest BCUT2D eigenvalue weighted by Crippen LogP contribution is -2.46. The zero-order valence-electron chi connectivity index (χ0n) is 10.7. The maximum atomic E-state index is 12.5. The number of nitrogens with one attached hydrogen (secondary N) is 1. The Balaban J connectivity index is 2.10. The highest BCUT2D eigenvalue weighted by Crippen LogP contribution is 2.27. The lowest BCUT2D eigenvalue weighted by Gasteiger charge is -2.34. The maximum absolute atomic E-state index is 12.5. The summed E-state index contributed by atoms with van der Waals surface area (Å²) in [5.74, 6) is 0. The van der Waals surface area contributed by atoms with Crippen molar-refractivity contribution in [1.29, 1.82) is 0 Å². The predicted molar refractivity (Wildman–Crippen MR) is 69.4 cm³/mol. The third kappa shape index (κ3) is 2.83. The van der Waals surface area contributed by atoms with E-state index in [4.69, 9.17) is 0 Å². The van der Waals surface area contributed by atoms with Gasteiger partial charge in [0.25, 0.3) is 0 Å². The Morgan fingerprint density at radius 2 is 1.88 bits per heavy atom. The number of hydrogen-bond donors (Lipinski definition) is 1. The Bertz CT molecular complexity index is 330. The van der Waals surface area contributed by atoms with Gasteiger partial charge in [0.05, 0.1) is 5.25 Å². The molecule has 0 aromatic carbocycles. The largest absolute Gasteiger partial charge is 0.315 e. The molecular weight excluding hydrogens is 236 g/mol. The fourth-order valence-corrected chi connectivity index (χ4v) is 5.20. The van der Waals surface area contributed by atoms with Crippen LogP contribution in [0.25, 0.3) is 0 Å². The highest BCUT2D eigenvalue weighted by molar-refractivity contribution is 7.89. The molecule has 100 valence electrons. The molecule has 0 bridgehead atoms. The summed E-state index contributed by atoms with van der Waals surface area (Å²) in [5, 5.41) is 2.96. The topological polar surface area (TPSA) is 49.4 Å². The molecule has 1 saturated heterocycles. The summed E-state index contributed by atoms with van der Waals surface area (Å²) in [4.78, 5) is 0. The quantitative estimate of drug-likeness (QED) is 0.829. The van der Waals surface area contributed by atoms with Crippen LogP contribution in [0.2, 0.25) is 0 Å². The van der Waals surface area contributed by atoms with Gasteiger partial charge in [0, 0.05) is 19.1 Å². The van der Waals surface area contributed by atoms with Gasteiger partial charge in [0.1, 0.15) is 0 Å². The Kier molecular flexibility index (Phi) is 4.44. The molecule has 0 radical (unpaired) electrons. The molecule has 1 N–H and O–H groups in total. The summed E-state index contributed by atoms with van der Waals surface area (Å²) in [6.45, 7) is 4.07. The molecule has 17 heavy (non-hydrogen) atoms. The molecule has 2 aliphatic rings. The van der Waals surface area contributed by atoms with Crippen LogP contribution in [0, 0.1) is 0 Å². The van der Waals surface area contributed by atoms with Gasteiger partial charge < -0.3 is 5.32 Å². The van der Waals surface area contributed by atoms with Gasteiger partial charge in [-0.3, -0.25) is 0 Å². The summed E-state index contributed by atoms with van der Waals surface area (Å²) in [7, 11) is -3.08. The maximum Gasteiger partial charge on any atom is 0.218 e. The molecular formula is C12H24N2O2S. The summed E-state index contributed by atoms with van der Waals surface area (Å²) in [6, 6.07) is 0.263. The first kappa shape index (κ1) is 13.3. The van der Waals surface area contributed by atoms with Crippen LogP contribution in [0.5, 0.6) is 0 Å². The van der Waals surface area contributed by atoms with Crippen molar-refractivity contribution in [2.75, 3.05) is 19.6 Å². The first-order chi connectivity index (χ1) is 8.16. The van der Waals surface area contributed by atoms with E-state index in [0.29, 0.717) is 13.1 Å². The molecule has 4 nitrogen and oxygen atoms in total. The van der Waals surface area contributed by atoms with Crippen LogP contribution in [0.4, 0.5) is 0 Å². The average Bonchev–Trinajstić information content (AvgIpc) is 2.85. The van der Waals surface area contributed by atoms with Crippen LogP contribution in [-0.2, 0) is 10.0 Å². The van der Waals surface area contributed by atoms with Gasteiger partial charge in [-0.15, -0.1) is 0 Å². The molecule has 0 aromatic heterocycles. The van der Waals surface area contributed by atoms with Crippen LogP contribution in [0.15, 0.2) is 0 Å². The Hall–Kier alpha value is -0.130. The summed E-state index contributed by atoms with van der Waals surface area (Å²) >= 11 is 0. The van der Waals surface area contributed by atoms with E-state index >= 15 is 0 Å². The Morgan fingerprint density at radius 1 is 1.18 bits per heavy atom. The van der Waals surface area contributed by atoms with Crippen molar-refractivity contribution in [2.24, 2.45) is 0 Å². The lowest BCUT2D eigenvalue weighted by molar-refractivity contribution is 0.259. The Morgan fingerprint density at radius 3 is 2.41 bits per heavy atom. The molecule has 0 amide bonds. The molecule has 1 unspecified atom stereocenters. The number of nitrogens with zero attached hydrogens (tertiary/aromatic N) is 1. The van der Waals surface area contributed by atoms with Gasteiger partial charge in [-0.1, -0.05) is 26.2 Å². The third-order valence-electron chi connectivity index (χ3n) is 4.06. The molecule has 5 heteroatoms. The molecule has 1 aliphatic carbocycles. The standard InChI is InChI=1S/C12H24N2O2S/c1-2-14(11-6-4-3-5-7-11)17(15,16)12-8-9-13-10-12/h11-13H,2-10H2,1H3. The van der Waals surface area contributed by atoms with E-state index in [1.165, 1.54) is 19.3 Å². The second-order valence-corrected chi connectivity index (χ2v) is 7.32. The summed E-state index contributed by atoms with van der Waals surface area (Å²) in [6.07, 6.45) is 6.49. The minimum absolute atomic E-state index is 0.190. The molecule has 2 fully saturated rings. The van der Waals surface area contributed by atoms with Gasteiger partial charge in [-0.2, -0.15) is 4.31 Å². The lowest BCUT2D eigenvalue weighted by atomic mass is 9.95. The van der Waals surface area contributed by atoms with Gasteiger partial charge >= 0.3 is 0 Å². The molecule has 1 heterocycles. The predicted octanol–water partition coefficient (Wildman–Crippen LogP) is 1.33. The Labute approximate surface area is 105 Å². The van der Waals surface area contributed by atoms with Crippen molar-refractivity contribution in [3.63, 3.8) is 0 Å². The molecule has 1 atom stereocenters. The van der Waals surface area contributed by atoms with E-state index in [9.17, 15) is 8.42 Å². The number of sulfonamides is 1. The van der Waals surface area contributed by atoms with Crippen molar-refractivity contribution in [1.82, 2.24) is 9.62 Å². The van der Waals surface area contributed by atoms with Crippen LogP contribution >= 0.6 is 0 Å². The minimum Gasteiger partial charge on any atom is -0.315 e. The van der Waals surface area contributed by atoms with E-state index in [-0.39, 0.29) is 11.3 Å². The number of rotatable bonds is 4. The smallest absolute Gasteiger partial charge is 0.218 e. The van der Waals surface area contributed by atoms with Gasteiger partial charge in [0.15, 0.2) is 0 Å². The zero-order valence-corrected chi connectivity index (χ0v) is 11.5. The van der Waals surface area contributed by atoms with E-state index in [0.717, 1.165) is 25.8 Å². The highest BCUT2D eigenvalue weighted by Gasteiger charge is 2.37. The SMILES string of the molecule is CCN(C1CCCCC1)S(=O)(=O)C1CCNC1. The average molecular weight is 260 g/mol. The van der Waals surface area contributed by atoms with Crippen molar-refractivity contribution < 1.29 is 8.42 Å². The van der Waals surface area contributed by atoms with Gasteiger partial charge in [-0.05, 0) is 25.8 Å². The van der Waals surface area contributed by atoms with Crippen molar-refractivity contribution in [3.8, 4) is 0 Å². The fourth-order valence-electron chi connectivity index (χ4n) is 3.09. The van der Waals surface area contributed by atoms with Gasteiger partial charge in [-0.25, -0.2) is 8.42 Å². The van der Waals surface area contributed by atoms with Crippen LogP contribution in [0.3, 0.4) is 0 Å².